The topological polar surface area (TPSA) is 375 Å². The third-order valence-corrected chi connectivity index (χ3v) is 15.1. The van der Waals surface area contributed by atoms with E-state index in [2.05, 4.69) is 24.5 Å². The quantitative estimate of drug-likeness (QED) is 0.0330. The maximum absolute atomic E-state index is 13.6. The molecular weight excluding hydrogens is 1000 g/mol. The predicted molar refractivity (Wildman–Crippen MR) is 269 cm³/mol. The molecule has 446 valence electrons. The molecule has 0 spiro atoms. The maximum atomic E-state index is 13.6. The van der Waals surface area contributed by atoms with E-state index in [-0.39, 0.29) is 44.2 Å². The van der Waals surface area contributed by atoms with Crippen LogP contribution in [0.1, 0.15) is 143 Å². The Morgan fingerprint density at radius 1 is 0.474 bits per heavy atom. The van der Waals surface area contributed by atoms with E-state index in [1.54, 1.807) is 6.92 Å². The van der Waals surface area contributed by atoms with Gasteiger partial charge in [-0.05, 0) is 12.8 Å². The van der Waals surface area contributed by atoms with Crippen molar-refractivity contribution in [2.24, 2.45) is 11.3 Å². The van der Waals surface area contributed by atoms with Gasteiger partial charge in [-0.1, -0.05) is 111 Å². The second kappa shape index (κ2) is 35.1. The summed E-state index contributed by atoms with van der Waals surface area (Å²) >= 11 is 0. The highest BCUT2D eigenvalue weighted by molar-refractivity contribution is 5.76. The monoisotopic (exact) mass is 1100 g/mol. The molecule has 0 bridgehead atoms. The van der Waals surface area contributed by atoms with Crippen LogP contribution in [-0.4, -0.2) is 236 Å². The lowest BCUT2D eigenvalue weighted by Gasteiger charge is -2.47. The lowest BCUT2D eigenvalue weighted by atomic mass is 9.88. The number of amides is 2. The lowest BCUT2D eigenvalue weighted by molar-refractivity contribution is -0.359. The van der Waals surface area contributed by atoms with Crippen LogP contribution >= 0.6 is 0 Å². The van der Waals surface area contributed by atoms with Crippen LogP contribution in [0.5, 0.6) is 0 Å². The van der Waals surface area contributed by atoms with E-state index in [1.165, 1.54) is 12.8 Å². The van der Waals surface area contributed by atoms with E-state index in [1.807, 2.05) is 0 Å². The Morgan fingerprint density at radius 2 is 0.868 bits per heavy atom. The van der Waals surface area contributed by atoms with Crippen molar-refractivity contribution in [2.45, 2.75) is 253 Å². The number of aliphatic hydroxyl groups is 12. The van der Waals surface area contributed by atoms with Crippen LogP contribution in [0, 0.1) is 11.3 Å². The van der Waals surface area contributed by atoms with Gasteiger partial charge in [0.1, 0.15) is 67.1 Å². The van der Waals surface area contributed by atoms with Gasteiger partial charge in [0.15, 0.2) is 25.2 Å². The molecule has 19 atom stereocenters. The number of hydrogen-bond donors (Lipinski definition) is 14. The van der Waals surface area contributed by atoms with E-state index in [4.69, 9.17) is 37.9 Å². The summed E-state index contributed by atoms with van der Waals surface area (Å²) in [7, 11) is 0. The fourth-order valence-corrected chi connectivity index (χ4v) is 10.0. The summed E-state index contributed by atoms with van der Waals surface area (Å²) in [6.45, 7) is 1.50. The third kappa shape index (κ3) is 20.3. The summed E-state index contributed by atoms with van der Waals surface area (Å²) in [5.41, 5.74) is -1.52. The normalized spacial score (nSPS) is 35.3. The highest BCUT2D eigenvalue weighted by Crippen LogP contribution is 2.34. The van der Waals surface area contributed by atoms with Crippen molar-refractivity contribution in [1.82, 2.24) is 10.6 Å². The summed E-state index contributed by atoms with van der Waals surface area (Å²) in [5, 5.41) is 134. The van der Waals surface area contributed by atoms with Gasteiger partial charge >= 0.3 is 0 Å². The molecule has 4 aliphatic heterocycles. The fraction of sp³-hybridized carbons (Fsp3) is 0.962. The molecule has 0 aliphatic carbocycles. The molecule has 4 heterocycles. The first-order valence-electron chi connectivity index (χ1n) is 28.1. The van der Waals surface area contributed by atoms with E-state index in [0.29, 0.717) is 12.8 Å². The standard InChI is InChI=1S/C52H96N2O22/c1-4-6-8-10-12-14-16-18-20-37(60)53-27-52(28-54-38(61)21-19-17-15-13-11-9-7-5-2,29-69-49-45(67)42(64)47(35(25-57)73-49)75-39-22-32(59)41(63)34(24-56)71-39)30-70-50-46(68)43(65)48(36(26-58)74-50)76-51-44(66)40(62)31(3)33(23-55)72-51/h31-36,39-51,55-59,62-68H,4-30H2,1-3H3,(H,53,60)(H,54,61)/t31-,32?,33?,34?,35?,36?,39-,40?,41+,42?,43?,44+,45+,46+,47-,48-,49-,50?,51?/m0/s1. The largest absolute Gasteiger partial charge is 0.394 e. The first kappa shape index (κ1) is 66.7. The summed E-state index contributed by atoms with van der Waals surface area (Å²) in [6.07, 6.45) is -11.7. The van der Waals surface area contributed by atoms with Gasteiger partial charge in [-0.2, -0.15) is 0 Å². The first-order valence-corrected chi connectivity index (χ1v) is 28.1. The lowest BCUT2D eigenvalue weighted by Crippen LogP contribution is -2.64. The molecule has 0 aromatic heterocycles. The van der Waals surface area contributed by atoms with Gasteiger partial charge in [0, 0.05) is 38.3 Å². The van der Waals surface area contributed by atoms with Crippen molar-refractivity contribution >= 4 is 11.8 Å². The summed E-state index contributed by atoms with van der Waals surface area (Å²) in [5.74, 6) is -1.37. The number of rotatable bonds is 36. The Bertz CT molecular complexity index is 1550. The van der Waals surface area contributed by atoms with Gasteiger partial charge in [-0.25, -0.2) is 0 Å². The highest BCUT2D eigenvalue weighted by atomic mass is 16.8. The number of carbonyl (C=O) groups is 2. The van der Waals surface area contributed by atoms with Gasteiger partial charge in [-0.15, -0.1) is 0 Å². The van der Waals surface area contributed by atoms with Crippen molar-refractivity contribution in [1.29, 1.82) is 0 Å². The van der Waals surface area contributed by atoms with Crippen LogP contribution in [0.2, 0.25) is 0 Å². The Kier molecular flexibility index (Phi) is 30.8. The van der Waals surface area contributed by atoms with Gasteiger partial charge in [0.2, 0.25) is 11.8 Å². The van der Waals surface area contributed by atoms with Crippen molar-refractivity contribution < 1.29 is 109 Å². The average molecular weight is 1100 g/mol. The van der Waals surface area contributed by atoms with E-state index in [0.717, 1.165) is 77.0 Å². The van der Waals surface area contributed by atoms with Crippen molar-refractivity contribution in [3.63, 3.8) is 0 Å². The number of ether oxygens (including phenoxy) is 8. The molecule has 4 fully saturated rings. The zero-order chi connectivity index (χ0) is 55.8. The fourth-order valence-electron chi connectivity index (χ4n) is 10.0. The van der Waals surface area contributed by atoms with E-state index >= 15 is 0 Å². The zero-order valence-corrected chi connectivity index (χ0v) is 45.0. The van der Waals surface area contributed by atoms with E-state index in [9.17, 15) is 70.9 Å². The molecule has 4 rings (SSSR count). The molecule has 4 saturated heterocycles. The van der Waals surface area contributed by atoms with Gasteiger partial charge < -0.3 is 110 Å². The Balaban J connectivity index is 1.57. The molecule has 14 N–H and O–H groups in total. The molecule has 0 saturated carbocycles. The van der Waals surface area contributed by atoms with Gasteiger partial charge in [-0.3, -0.25) is 9.59 Å². The smallest absolute Gasteiger partial charge is 0.220 e. The van der Waals surface area contributed by atoms with Gasteiger partial charge in [0.05, 0.1) is 63.4 Å². The van der Waals surface area contributed by atoms with Crippen LogP contribution < -0.4 is 10.6 Å². The highest BCUT2D eigenvalue weighted by Gasteiger charge is 2.52. The first-order chi connectivity index (χ1) is 36.5. The number of hydrogen-bond acceptors (Lipinski definition) is 22. The number of aliphatic hydroxyl groups excluding tert-OH is 12. The molecule has 76 heavy (non-hydrogen) atoms. The van der Waals surface area contributed by atoms with Crippen molar-refractivity contribution in [3.8, 4) is 0 Å². The predicted octanol–water partition coefficient (Wildman–Crippen LogP) is -1.15. The van der Waals surface area contributed by atoms with Crippen molar-refractivity contribution in [2.75, 3.05) is 52.7 Å². The van der Waals surface area contributed by atoms with Crippen LogP contribution in [0.25, 0.3) is 0 Å². The van der Waals surface area contributed by atoms with Crippen LogP contribution in [0.4, 0.5) is 0 Å². The van der Waals surface area contributed by atoms with Gasteiger partial charge in [0.25, 0.3) is 0 Å². The summed E-state index contributed by atoms with van der Waals surface area (Å²) in [6, 6.07) is 0. The van der Waals surface area contributed by atoms with E-state index < -0.39 is 162 Å². The molecular formula is C52H96N2O22. The molecule has 24 nitrogen and oxygen atoms in total. The summed E-state index contributed by atoms with van der Waals surface area (Å²) < 4.78 is 47.2. The molecule has 2 amide bonds. The SMILES string of the molecule is CCCCCCCCCCC(=O)NCC(CNC(=O)CCCCCCCCCC)(COC1OC(CO)[C@H](OC2OC(CO)[C@H](C)C(O)[C@H]2O)C(O)[C@H]1O)CO[C@H]1OC(CO)[C@H](O[C@H]2CC(O)[C@@H](O)C(CO)O2)C(O)[C@H]1O. The maximum Gasteiger partial charge on any atom is 0.220 e. The number of carbonyl (C=O) groups excluding carboxylic acids is 2. The summed E-state index contributed by atoms with van der Waals surface area (Å²) in [4.78, 5) is 27.1. The minimum Gasteiger partial charge on any atom is -0.394 e. The molecule has 10 unspecified atom stereocenters. The molecule has 24 heteroatoms. The second-order valence-corrected chi connectivity index (χ2v) is 21.4. The Hall–Kier alpha value is -1.86. The number of unbranched alkanes of at least 4 members (excludes halogenated alkanes) is 14. The minimum atomic E-state index is -1.91. The third-order valence-electron chi connectivity index (χ3n) is 15.1. The average Bonchev–Trinajstić information content (AvgIpc) is 3.41. The zero-order valence-electron chi connectivity index (χ0n) is 45.0. The second-order valence-electron chi connectivity index (χ2n) is 21.4. The Labute approximate surface area is 447 Å². The van der Waals surface area contributed by atoms with Crippen LogP contribution in [0.15, 0.2) is 0 Å². The van der Waals surface area contributed by atoms with Crippen LogP contribution in [-0.2, 0) is 47.5 Å². The number of nitrogens with one attached hydrogen (secondary N) is 2. The molecule has 0 aromatic carbocycles. The van der Waals surface area contributed by atoms with Crippen LogP contribution in [0.3, 0.4) is 0 Å². The molecule has 0 radical (unpaired) electrons. The minimum absolute atomic E-state index is 0.165. The van der Waals surface area contributed by atoms with Crippen molar-refractivity contribution in [3.05, 3.63) is 0 Å². The Morgan fingerprint density at radius 3 is 1.30 bits per heavy atom. The molecule has 0 aromatic rings. The molecule has 4 aliphatic rings.